The first-order valence-corrected chi connectivity index (χ1v) is 4.02. The fraction of sp³-hybridized carbons (Fsp3) is 0.778. The van der Waals surface area contributed by atoms with Crippen LogP contribution in [0, 0.1) is 5.41 Å². The molecule has 1 nitrogen and oxygen atoms in total. The van der Waals surface area contributed by atoms with E-state index in [2.05, 4.69) is 19.9 Å². The summed E-state index contributed by atoms with van der Waals surface area (Å²) >= 11 is 0. The van der Waals surface area contributed by atoms with Gasteiger partial charge in [0.05, 0.1) is 0 Å². The third-order valence-electron chi connectivity index (χ3n) is 2.24. The quantitative estimate of drug-likeness (QED) is 0.553. The Morgan fingerprint density at radius 1 is 1.60 bits per heavy atom. The average molecular weight is 139 g/mol. The van der Waals surface area contributed by atoms with Crippen molar-refractivity contribution in [3.05, 3.63) is 11.6 Å². The summed E-state index contributed by atoms with van der Waals surface area (Å²) in [5.41, 5.74) is 7.53. The van der Waals surface area contributed by atoms with Gasteiger partial charge in [-0.05, 0) is 24.7 Å². The maximum atomic E-state index is 5.42. The minimum atomic E-state index is 0.543. The molecule has 10 heavy (non-hydrogen) atoms. The molecule has 2 N–H and O–H groups in total. The molecule has 0 amide bonds. The van der Waals surface area contributed by atoms with Gasteiger partial charge in [-0.15, -0.1) is 0 Å². The molecule has 0 heterocycles. The van der Waals surface area contributed by atoms with Crippen LogP contribution in [-0.2, 0) is 0 Å². The summed E-state index contributed by atoms with van der Waals surface area (Å²) in [6, 6.07) is 0. The van der Waals surface area contributed by atoms with E-state index in [1.54, 1.807) is 5.57 Å². The lowest BCUT2D eigenvalue weighted by molar-refractivity contribution is 0.389. The Morgan fingerprint density at radius 3 is 2.70 bits per heavy atom. The Hall–Kier alpha value is -0.300. The van der Waals surface area contributed by atoms with Gasteiger partial charge in [-0.25, -0.2) is 0 Å². The fourth-order valence-corrected chi connectivity index (χ4v) is 1.63. The van der Waals surface area contributed by atoms with Crippen molar-refractivity contribution >= 4 is 0 Å². The molecular weight excluding hydrogens is 122 g/mol. The predicted molar refractivity (Wildman–Crippen MR) is 44.8 cm³/mol. The molecule has 0 unspecified atom stereocenters. The second-order valence-electron chi connectivity index (χ2n) is 3.94. The molecule has 1 fully saturated rings. The third kappa shape index (κ3) is 1.84. The summed E-state index contributed by atoms with van der Waals surface area (Å²) in [6.07, 6.45) is 6.03. The smallest absolute Gasteiger partial charge is 0.0109 e. The van der Waals surface area contributed by atoms with Gasteiger partial charge >= 0.3 is 0 Å². The van der Waals surface area contributed by atoms with Crippen LogP contribution in [-0.4, -0.2) is 6.54 Å². The standard InChI is InChI=1S/C9H17N/c1-9(2)5-3-8(7-9)4-6-10/h4H,3,5-7,10H2,1-2H3/b8-4-. The van der Waals surface area contributed by atoms with Crippen molar-refractivity contribution in [3.63, 3.8) is 0 Å². The van der Waals surface area contributed by atoms with Gasteiger partial charge in [0.2, 0.25) is 0 Å². The zero-order valence-electron chi connectivity index (χ0n) is 6.98. The lowest BCUT2D eigenvalue weighted by Gasteiger charge is -2.14. The minimum absolute atomic E-state index is 0.543. The largest absolute Gasteiger partial charge is 0.327 e. The zero-order chi connectivity index (χ0) is 7.61. The molecule has 1 aliphatic rings. The van der Waals surface area contributed by atoms with Crippen LogP contribution in [0.2, 0.25) is 0 Å². The van der Waals surface area contributed by atoms with Crippen LogP contribution in [0.5, 0.6) is 0 Å². The summed E-state index contributed by atoms with van der Waals surface area (Å²) in [4.78, 5) is 0. The Balaban J connectivity index is 2.51. The van der Waals surface area contributed by atoms with Crippen molar-refractivity contribution in [1.29, 1.82) is 0 Å². The highest BCUT2D eigenvalue weighted by Gasteiger charge is 2.25. The molecule has 0 aromatic carbocycles. The number of hydrogen-bond donors (Lipinski definition) is 1. The first kappa shape index (κ1) is 7.80. The Bertz CT molecular complexity index is 145. The van der Waals surface area contributed by atoms with E-state index in [-0.39, 0.29) is 0 Å². The molecule has 1 rings (SSSR count). The van der Waals surface area contributed by atoms with Crippen molar-refractivity contribution < 1.29 is 0 Å². The SMILES string of the molecule is CC1(C)CC/C(=C/CN)C1. The van der Waals surface area contributed by atoms with E-state index in [1.807, 2.05) is 0 Å². The van der Waals surface area contributed by atoms with Gasteiger partial charge in [-0.2, -0.15) is 0 Å². The molecule has 0 spiro atoms. The van der Waals surface area contributed by atoms with E-state index < -0.39 is 0 Å². The van der Waals surface area contributed by atoms with Gasteiger partial charge in [0, 0.05) is 6.54 Å². The summed E-state index contributed by atoms with van der Waals surface area (Å²) < 4.78 is 0. The molecule has 0 aromatic heterocycles. The molecule has 0 saturated heterocycles. The topological polar surface area (TPSA) is 26.0 Å². The maximum absolute atomic E-state index is 5.42. The van der Waals surface area contributed by atoms with Gasteiger partial charge in [-0.3, -0.25) is 0 Å². The first-order valence-electron chi connectivity index (χ1n) is 4.02. The zero-order valence-corrected chi connectivity index (χ0v) is 6.98. The lowest BCUT2D eigenvalue weighted by Crippen LogP contribution is -2.02. The molecule has 1 heteroatoms. The predicted octanol–water partition coefficient (Wildman–Crippen LogP) is 2.08. The summed E-state index contributed by atoms with van der Waals surface area (Å²) in [5, 5.41) is 0. The molecule has 0 radical (unpaired) electrons. The second kappa shape index (κ2) is 2.75. The molecule has 0 aliphatic heterocycles. The maximum Gasteiger partial charge on any atom is 0.0109 e. The molecule has 1 aliphatic carbocycles. The van der Waals surface area contributed by atoms with Crippen molar-refractivity contribution in [2.75, 3.05) is 6.54 Å². The number of rotatable bonds is 1. The third-order valence-corrected chi connectivity index (χ3v) is 2.24. The minimum Gasteiger partial charge on any atom is -0.327 e. The van der Waals surface area contributed by atoms with Crippen molar-refractivity contribution in [2.24, 2.45) is 11.1 Å². The monoisotopic (exact) mass is 139 g/mol. The summed E-state index contributed by atoms with van der Waals surface area (Å²) in [6.45, 7) is 5.36. The van der Waals surface area contributed by atoms with E-state index in [0.717, 1.165) is 0 Å². The van der Waals surface area contributed by atoms with Crippen molar-refractivity contribution in [3.8, 4) is 0 Å². The average Bonchev–Trinajstić information content (AvgIpc) is 2.12. The van der Waals surface area contributed by atoms with Crippen LogP contribution in [0.25, 0.3) is 0 Å². The van der Waals surface area contributed by atoms with Gasteiger partial charge in [-0.1, -0.05) is 25.5 Å². The highest BCUT2D eigenvalue weighted by Crippen LogP contribution is 2.40. The second-order valence-corrected chi connectivity index (χ2v) is 3.94. The molecule has 0 atom stereocenters. The molecule has 58 valence electrons. The van der Waals surface area contributed by atoms with Crippen molar-refractivity contribution in [1.82, 2.24) is 0 Å². The number of nitrogens with two attached hydrogens (primary N) is 1. The molecule has 0 aromatic rings. The highest BCUT2D eigenvalue weighted by molar-refractivity contribution is 5.11. The van der Waals surface area contributed by atoms with E-state index >= 15 is 0 Å². The van der Waals surface area contributed by atoms with E-state index in [9.17, 15) is 0 Å². The van der Waals surface area contributed by atoms with Gasteiger partial charge in [0.25, 0.3) is 0 Å². The van der Waals surface area contributed by atoms with Crippen LogP contribution in [0.15, 0.2) is 11.6 Å². The number of allylic oxidation sites excluding steroid dienone is 1. The van der Waals surface area contributed by atoms with Crippen LogP contribution in [0.4, 0.5) is 0 Å². The van der Waals surface area contributed by atoms with Gasteiger partial charge < -0.3 is 5.73 Å². The number of hydrogen-bond acceptors (Lipinski definition) is 1. The summed E-state index contributed by atoms with van der Waals surface area (Å²) in [5.74, 6) is 0. The Labute approximate surface area is 63.3 Å². The van der Waals surface area contributed by atoms with Gasteiger partial charge in [0.15, 0.2) is 0 Å². The van der Waals surface area contributed by atoms with E-state index in [0.29, 0.717) is 12.0 Å². The molecular formula is C9H17N. The summed E-state index contributed by atoms with van der Waals surface area (Å²) in [7, 11) is 0. The van der Waals surface area contributed by atoms with E-state index in [4.69, 9.17) is 5.73 Å². The lowest BCUT2D eigenvalue weighted by atomic mass is 9.92. The van der Waals surface area contributed by atoms with Crippen LogP contribution in [0.1, 0.15) is 33.1 Å². The fourth-order valence-electron chi connectivity index (χ4n) is 1.63. The highest BCUT2D eigenvalue weighted by atomic mass is 14.5. The normalized spacial score (nSPS) is 27.7. The molecule has 0 bridgehead atoms. The van der Waals surface area contributed by atoms with E-state index in [1.165, 1.54) is 19.3 Å². The van der Waals surface area contributed by atoms with Gasteiger partial charge in [0.1, 0.15) is 0 Å². The molecule has 1 saturated carbocycles. The van der Waals surface area contributed by atoms with Crippen LogP contribution >= 0.6 is 0 Å². The van der Waals surface area contributed by atoms with Crippen molar-refractivity contribution in [2.45, 2.75) is 33.1 Å². The Kier molecular flexibility index (Phi) is 2.14. The Morgan fingerprint density at radius 2 is 2.30 bits per heavy atom. The van der Waals surface area contributed by atoms with Crippen LogP contribution < -0.4 is 5.73 Å². The van der Waals surface area contributed by atoms with Crippen LogP contribution in [0.3, 0.4) is 0 Å². The first-order chi connectivity index (χ1) is 4.64.